The summed E-state index contributed by atoms with van der Waals surface area (Å²) < 4.78 is 19.9. The number of halogens is 1. The zero-order valence-electron chi connectivity index (χ0n) is 14.1. The molecule has 0 atom stereocenters. The number of amides is 1. The van der Waals surface area contributed by atoms with E-state index in [4.69, 9.17) is 4.74 Å². The third-order valence-corrected chi connectivity index (χ3v) is 3.99. The number of hydrogen-bond acceptors (Lipinski definition) is 3. The summed E-state index contributed by atoms with van der Waals surface area (Å²) in [6, 6.07) is 10.1. The lowest BCUT2D eigenvalue weighted by molar-refractivity contribution is 0.102. The Morgan fingerprint density at radius 1 is 1.21 bits per heavy atom. The molecule has 2 aromatic carbocycles. The Bertz CT molecular complexity index is 781. The van der Waals surface area contributed by atoms with Crippen molar-refractivity contribution < 1.29 is 13.9 Å². The van der Waals surface area contributed by atoms with Crippen LogP contribution in [-0.2, 0) is 5.41 Å². The van der Waals surface area contributed by atoms with Gasteiger partial charge in [-0.3, -0.25) is 4.79 Å². The summed E-state index contributed by atoms with van der Waals surface area (Å²) in [6.07, 6.45) is 0. The Kier molecular flexibility index (Phi) is 4.18. The van der Waals surface area contributed by atoms with Crippen LogP contribution in [-0.4, -0.2) is 19.1 Å². The number of fused-ring (bicyclic) bond motifs is 1. The highest BCUT2D eigenvalue weighted by Gasteiger charge is 2.19. The molecule has 1 aliphatic heterocycles. The second kappa shape index (κ2) is 6.15. The summed E-state index contributed by atoms with van der Waals surface area (Å²) in [5.74, 6) is -0.310. The van der Waals surface area contributed by atoms with Crippen LogP contribution in [0.15, 0.2) is 36.4 Å². The van der Waals surface area contributed by atoms with Crippen LogP contribution in [0.4, 0.5) is 15.8 Å². The summed E-state index contributed by atoms with van der Waals surface area (Å²) in [7, 11) is 0. The van der Waals surface area contributed by atoms with E-state index < -0.39 is 11.7 Å². The predicted molar refractivity (Wildman–Crippen MR) is 93.5 cm³/mol. The highest BCUT2D eigenvalue weighted by atomic mass is 19.1. The average molecular weight is 328 g/mol. The minimum absolute atomic E-state index is 0.0276. The lowest BCUT2D eigenvalue weighted by Gasteiger charge is -2.20. The fourth-order valence-electron chi connectivity index (χ4n) is 2.58. The van der Waals surface area contributed by atoms with E-state index in [1.165, 1.54) is 12.1 Å². The SMILES string of the molecule is CC(C)(C)c1ccc(C(=O)Nc2ccc3c(c2)OCCN3)c(F)c1. The molecule has 5 heteroatoms. The molecule has 0 aromatic heterocycles. The normalized spacial score (nSPS) is 13.5. The smallest absolute Gasteiger partial charge is 0.258 e. The largest absolute Gasteiger partial charge is 0.490 e. The maximum atomic E-state index is 14.3. The highest BCUT2D eigenvalue weighted by Crippen LogP contribution is 2.30. The van der Waals surface area contributed by atoms with Crippen LogP contribution < -0.4 is 15.4 Å². The second-order valence-electron chi connectivity index (χ2n) is 6.88. The fraction of sp³-hybridized carbons (Fsp3) is 0.316. The number of nitrogens with one attached hydrogen (secondary N) is 2. The number of rotatable bonds is 2. The van der Waals surface area contributed by atoms with Gasteiger partial charge < -0.3 is 15.4 Å². The van der Waals surface area contributed by atoms with Gasteiger partial charge in [-0.1, -0.05) is 26.8 Å². The third kappa shape index (κ3) is 3.35. The summed E-state index contributed by atoms with van der Waals surface area (Å²) >= 11 is 0. The van der Waals surface area contributed by atoms with Gasteiger partial charge in [-0.2, -0.15) is 0 Å². The van der Waals surface area contributed by atoms with Crippen molar-refractivity contribution in [3.63, 3.8) is 0 Å². The molecule has 2 N–H and O–H groups in total. The molecule has 0 bridgehead atoms. The van der Waals surface area contributed by atoms with Crippen LogP contribution in [0.1, 0.15) is 36.7 Å². The molecule has 24 heavy (non-hydrogen) atoms. The molecule has 4 nitrogen and oxygen atoms in total. The molecule has 1 aliphatic rings. The van der Waals surface area contributed by atoms with E-state index in [2.05, 4.69) is 10.6 Å². The van der Waals surface area contributed by atoms with Gasteiger partial charge in [0.05, 0.1) is 11.3 Å². The Labute approximate surface area is 141 Å². The first-order chi connectivity index (χ1) is 11.3. The molecule has 0 spiro atoms. The van der Waals surface area contributed by atoms with Crippen molar-refractivity contribution in [2.45, 2.75) is 26.2 Å². The summed E-state index contributed by atoms with van der Waals surface area (Å²) in [5.41, 5.74) is 2.17. The van der Waals surface area contributed by atoms with E-state index in [0.29, 0.717) is 18.0 Å². The maximum absolute atomic E-state index is 14.3. The third-order valence-electron chi connectivity index (χ3n) is 3.99. The summed E-state index contributed by atoms with van der Waals surface area (Å²) in [6.45, 7) is 7.34. The molecule has 0 unspecified atom stereocenters. The van der Waals surface area contributed by atoms with Gasteiger partial charge in [0.25, 0.3) is 5.91 Å². The van der Waals surface area contributed by atoms with Crippen LogP contribution in [0, 0.1) is 5.82 Å². The lowest BCUT2D eigenvalue weighted by atomic mass is 9.86. The van der Waals surface area contributed by atoms with Crippen molar-refractivity contribution in [1.82, 2.24) is 0 Å². The first kappa shape index (κ1) is 16.3. The van der Waals surface area contributed by atoms with E-state index >= 15 is 0 Å². The quantitative estimate of drug-likeness (QED) is 0.869. The number of anilines is 2. The second-order valence-corrected chi connectivity index (χ2v) is 6.88. The van der Waals surface area contributed by atoms with Gasteiger partial charge in [0.2, 0.25) is 0 Å². The standard InChI is InChI=1S/C19H21FN2O2/c1-19(2,3)12-4-6-14(15(20)10-12)18(23)22-13-5-7-16-17(11-13)24-9-8-21-16/h4-7,10-11,21H,8-9H2,1-3H3,(H,22,23). The van der Waals surface area contributed by atoms with Crippen molar-refractivity contribution in [2.75, 3.05) is 23.8 Å². The van der Waals surface area contributed by atoms with Crippen molar-refractivity contribution in [1.29, 1.82) is 0 Å². The van der Waals surface area contributed by atoms with Crippen LogP contribution in [0.25, 0.3) is 0 Å². The molecule has 0 fully saturated rings. The van der Waals surface area contributed by atoms with Crippen LogP contribution >= 0.6 is 0 Å². The maximum Gasteiger partial charge on any atom is 0.258 e. The average Bonchev–Trinajstić information content (AvgIpc) is 2.53. The van der Waals surface area contributed by atoms with Crippen molar-refractivity contribution in [2.24, 2.45) is 0 Å². The molecule has 0 saturated heterocycles. The number of carbonyl (C=O) groups excluding carboxylic acids is 1. The fourth-order valence-corrected chi connectivity index (χ4v) is 2.58. The minimum atomic E-state index is -0.518. The first-order valence-electron chi connectivity index (χ1n) is 7.97. The van der Waals surface area contributed by atoms with Gasteiger partial charge in [0.1, 0.15) is 18.2 Å². The molecule has 126 valence electrons. The molecule has 3 rings (SSSR count). The van der Waals surface area contributed by atoms with Gasteiger partial charge in [-0.15, -0.1) is 0 Å². The zero-order chi connectivity index (χ0) is 17.3. The molecule has 0 radical (unpaired) electrons. The Balaban J connectivity index is 1.80. The van der Waals surface area contributed by atoms with E-state index in [-0.39, 0.29) is 11.0 Å². The zero-order valence-corrected chi connectivity index (χ0v) is 14.1. The highest BCUT2D eigenvalue weighted by molar-refractivity contribution is 6.04. The van der Waals surface area contributed by atoms with Gasteiger partial charge in [-0.05, 0) is 35.2 Å². The van der Waals surface area contributed by atoms with E-state index in [1.807, 2.05) is 26.8 Å². The van der Waals surface area contributed by atoms with E-state index in [0.717, 1.165) is 17.8 Å². The molecule has 1 heterocycles. The first-order valence-corrected chi connectivity index (χ1v) is 7.97. The molecular weight excluding hydrogens is 307 g/mol. The molecule has 0 aliphatic carbocycles. The Hall–Kier alpha value is -2.56. The molecule has 1 amide bonds. The monoisotopic (exact) mass is 328 g/mol. The van der Waals surface area contributed by atoms with Crippen LogP contribution in [0.2, 0.25) is 0 Å². The van der Waals surface area contributed by atoms with Gasteiger partial charge >= 0.3 is 0 Å². The van der Waals surface area contributed by atoms with E-state index in [1.54, 1.807) is 18.2 Å². The Morgan fingerprint density at radius 3 is 2.71 bits per heavy atom. The van der Waals surface area contributed by atoms with Crippen molar-refractivity contribution in [3.05, 3.63) is 53.3 Å². The predicted octanol–water partition coefficient (Wildman–Crippen LogP) is 4.18. The number of carbonyl (C=O) groups is 1. The number of ether oxygens (including phenoxy) is 1. The van der Waals surface area contributed by atoms with Gasteiger partial charge in [0.15, 0.2) is 0 Å². The Morgan fingerprint density at radius 2 is 2.00 bits per heavy atom. The number of benzene rings is 2. The molecule has 2 aromatic rings. The van der Waals surface area contributed by atoms with E-state index in [9.17, 15) is 9.18 Å². The van der Waals surface area contributed by atoms with Gasteiger partial charge in [-0.25, -0.2) is 4.39 Å². The molecular formula is C19H21FN2O2. The lowest BCUT2D eigenvalue weighted by Crippen LogP contribution is -2.19. The van der Waals surface area contributed by atoms with Crippen molar-refractivity contribution >= 4 is 17.3 Å². The minimum Gasteiger partial charge on any atom is -0.490 e. The number of hydrogen-bond donors (Lipinski definition) is 2. The summed E-state index contributed by atoms with van der Waals surface area (Å²) in [4.78, 5) is 12.4. The van der Waals surface area contributed by atoms with Gasteiger partial charge in [0, 0.05) is 18.3 Å². The van der Waals surface area contributed by atoms with Crippen molar-refractivity contribution in [3.8, 4) is 5.75 Å². The summed E-state index contributed by atoms with van der Waals surface area (Å²) in [5, 5.41) is 5.93. The topological polar surface area (TPSA) is 50.4 Å². The van der Waals surface area contributed by atoms with Crippen LogP contribution in [0.5, 0.6) is 5.75 Å². The molecule has 0 saturated carbocycles. The van der Waals surface area contributed by atoms with Crippen LogP contribution in [0.3, 0.4) is 0 Å².